The predicted molar refractivity (Wildman–Crippen MR) is 80.7 cm³/mol. The molecular formula is C16H24N2O2. The van der Waals surface area contributed by atoms with Gasteiger partial charge < -0.3 is 15.8 Å². The first-order chi connectivity index (χ1) is 9.63. The van der Waals surface area contributed by atoms with Gasteiger partial charge in [-0.05, 0) is 36.8 Å². The van der Waals surface area contributed by atoms with Crippen molar-refractivity contribution in [2.75, 3.05) is 18.5 Å². The Morgan fingerprint density at radius 2 is 2.30 bits per heavy atom. The third-order valence-electron chi connectivity index (χ3n) is 3.85. The van der Waals surface area contributed by atoms with Crippen molar-refractivity contribution < 1.29 is 9.53 Å². The first-order valence-electron chi connectivity index (χ1n) is 7.38. The van der Waals surface area contributed by atoms with Crippen LogP contribution in [0.4, 0.5) is 5.69 Å². The van der Waals surface area contributed by atoms with Gasteiger partial charge in [-0.1, -0.05) is 25.8 Å². The lowest BCUT2D eigenvalue weighted by molar-refractivity contribution is -0.119. The largest absolute Gasteiger partial charge is 0.484 e. The normalized spacial score (nSPS) is 22.2. The van der Waals surface area contributed by atoms with Gasteiger partial charge in [0.25, 0.3) is 5.91 Å². The van der Waals surface area contributed by atoms with Gasteiger partial charge in [-0.15, -0.1) is 0 Å². The second-order valence-electron chi connectivity index (χ2n) is 5.80. The Hall–Kier alpha value is -1.71. The Kier molecular flexibility index (Phi) is 5.27. The van der Waals surface area contributed by atoms with Gasteiger partial charge in [-0.25, -0.2) is 0 Å². The van der Waals surface area contributed by atoms with Crippen LogP contribution in [0.15, 0.2) is 24.3 Å². The summed E-state index contributed by atoms with van der Waals surface area (Å²) in [4.78, 5) is 10.7. The molecular weight excluding hydrogens is 252 g/mol. The topological polar surface area (TPSA) is 64.3 Å². The van der Waals surface area contributed by atoms with E-state index >= 15 is 0 Å². The van der Waals surface area contributed by atoms with Crippen LogP contribution in [0.3, 0.4) is 0 Å². The van der Waals surface area contributed by atoms with E-state index in [9.17, 15) is 4.79 Å². The summed E-state index contributed by atoms with van der Waals surface area (Å²) in [6.45, 7) is 3.26. The molecule has 1 aliphatic carbocycles. The number of nitrogens with two attached hydrogens (primary N) is 1. The monoisotopic (exact) mass is 276 g/mol. The Bertz CT molecular complexity index is 448. The minimum atomic E-state index is -0.459. The highest BCUT2D eigenvalue weighted by molar-refractivity contribution is 5.75. The molecule has 20 heavy (non-hydrogen) atoms. The highest BCUT2D eigenvalue weighted by Gasteiger charge is 2.18. The molecule has 2 rings (SSSR count). The highest BCUT2D eigenvalue weighted by atomic mass is 16.5. The molecule has 110 valence electrons. The minimum absolute atomic E-state index is 0.0798. The van der Waals surface area contributed by atoms with Crippen molar-refractivity contribution in [3.05, 3.63) is 24.3 Å². The van der Waals surface area contributed by atoms with Crippen LogP contribution in [0.1, 0.15) is 32.6 Å². The highest BCUT2D eigenvalue weighted by Crippen LogP contribution is 2.29. The summed E-state index contributed by atoms with van der Waals surface area (Å²) in [5.41, 5.74) is 6.10. The van der Waals surface area contributed by atoms with E-state index in [0.717, 1.165) is 24.1 Å². The van der Waals surface area contributed by atoms with Crippen molar-refractivity contribution in [2.24, 2.45) is 17.6 Å². The zero-order valence-electron chi connectivity index (χ0n) is 12.1. The van der Waals surface area contributed by atoms with Gasteiger partial charge in [0, 0.05) is 18.3 Å². The molecule has 4 nitrogen and oxygen atoms in total. The molecule has 1 aromatic rings. The van der Waals surface area contributed by atoms with Gasteiger partial charge >= 0.3 is 0 Å². The molecule has 0 heterocycles. The molecule has 2 unspecified atom stereocenters. The SMILES string of the molecule is CC1CCCC(CNc2cccc(OCC(N)=O)c2)C1. The predicted octanol–water partition coefficient (Wildman–Crippen LogP) is 2.79. The molecule has 2 atom stereocenters. The zero-order valence-corrected chi connectivity index (χ0v) is 12.1. The van der Waals surface area contributed by atoms with Gasteiger partial charge in [-0.3, -0.25) is 4.79 Å². The van der Waals surface area contributed by atoms with Crippen molar-refractivity contribution in [3.8, 4) is 5.75 Å². The van der Waals surface area contributed by atoms with Crippen LogP contribution in [0, 0.1) is 11.8 Å². The Morgan fingerprint density at radius 3 is 3.05 bits per heavy atom. The average Bonchev–Trinajstić information content (AvgIpc) is 2.43. The van der Waals surface area contributed by atoms with E-state index in [0.29, 0.717) is 5.75 Å². The summed E-state index contributed by atoms with van der Waals surface area (Å²) in [5.74, 6) is 1.82. The number of ether oxygens (including phenoxy) is 1. The molecule has 1 aromatic carbocycles. The number of hydrogen-bond acceptors (Lipinski definition) is 3. The van der Waals surface area contributed by atoms with Crippen LogP contribution < -0.4 is 15.8 Å². The fourth-order valence-corrected chi connectivity index (χ4v) is 2.86. The van der Waals surface area contributed by atoms with Crippen molar-refractivity contribution in [3.63, 3.8) is 0 Å². The zero-order chi connectivity index (χ0) is 14.4. The molecule has 0 spiro atoms. The molecule has 1 aliphatic rings. The van der Waals surface area contributed by atoms with Crippen molar-refractivity contribution in [1.82, 2.24) is 0 Å². The quantitative estimate of drug-likeness (QED) is 0.839. The summed E-state index contributed by atoms with van der Waals surface area (Å²) < 4.78 is 5.30. The van der Waals surface area contributed by atoms with E-state index in [4.69, 9.17) is 10.5 Å². The average molecular weight is 276 g/mol. The maximum Gasteiger partial charge on any atom is 0.255 e. The Morgan fingerprint density at radius 1 is 1.45 bits per heavy atom. The second-order valence-corrected chi connectivity index (χ2v) is 5.80. The molecule has 1 fully saturated rings. The van der Waals surface area contributed by atoms with Gasteiger partial charge in [0.2, 0.25) is 0 Å². The summed E-state index contributed by atoms with van der Waals surface area (Å²) >= 11 is 0. The minimum Gasteiger partial charge on any atom is -0.484 e. The number of amides is 1. The Balaban J connectivity index is 1.83. The lowest BCUT2D eigenvalue weighted by atomic mass is 9.82. The number of benzene rings is 1. The molecule has 3 N–H and O–H groups in total. The number of anilines is 1. The van der Waals surface area contributed by atoms with Crippen LogP contribution in [0.25, 0.3) is 0 Å². The fraction of sp³-hybridized carbons (Fsp3) is 0.562. The van der Waals surface area contributed by atoms with E-state index in [1.807, 2.05) is 24.3 Å². The standard InChI is InChI=1S/C16H24N2O2/c1-12-4-2-5-13(8-12)10-18-14-6-3-7-15(9-14)20-11-16(17)19/h3,6-7,9,12-13,18H,2,4-5,8,10-11H2,1H3,(H2,17,19). The third kappa shape index (κ3) is 4.76. The number of nitrogens with one attached hydrogen (secondary N) is 1. The van der Waals surface area contributed by atoms with Gasteiger partial charge in [0.15, 0.2) is 6.61 Å². The van der Waals surface area contributed by atoms with Crippen molar-refractivity contribution >= 4 is 11.6 Å². The van der Waals surface area contributed by atoms with Crippen LogP contribution in [0.2, 0.25) is 0 Å². The van der Waals surface area contributed by atoms with E-state index < -0.39 is 5.91 Å². The summed E-state index contributed by atoms with van der Waals surface area (Å²) in [5, 5.41) is 3.47. The summed E-state index contributed by atoms with van der Waals surface area (Å²) in [6.07, 6.45) is 5.34. The molecule has 1 saturated carbocycles. The molecule has 0 bridgehead atoms. The second kappa shape index (κ2) is 7.17. The number of carbonyl (C=O) groups is 1. The Labute approximate surface area is 120 Å². The van der Waals surface area contributed by atoms with Crippen LogP contribution in [-0.2, 0) is 4.79 Å². The maximum absolute atomic E-state index is 10.7. The van der Waals surface area contributed by atoms with Gasteiger partial charge in [-0.2, -0.15) is 0 Å². The lowest BCUT2D eigenvalue weighted by Crippen LogP contribution is -2.21. The number of carbonyl (C=O) groups excluding carboxylic acids is 1. The first-order valence-corrected chi connectivity index (χ1v) is 7.38. The summed E-state index contributed by atoms with van der Waals surface area (Å²) in [6, 6.07) is 7.68. The third-order valence-corrected chi connectivity index (χ3v) is 3.85. The molecule has 0 aliphatic heterocycles. The molecule has 0 radical (unpaired) electrons. The number of rotatable bonds is 6. The van der Waals surface area contributed by atoms with Crippen LogP contribution in [-0.4, -0.2) is 19.1 Å². The maximum atomic E-state index is 10.7. The molecule has 4 heteroatoms. The van der Waals surface area contributed by atoms with E-state index in [1.165, 1.54) is 25.7 Å². The van der Waals surface area contributed by atoms with Crippen LogP contribution >= 0.6 is 0 Å². The van der Waals surface area contributed by atoms with Gasteiger partial charge in [0.1, 0.15) is 5.75 Å². The van der Waals surface area contributed by atoms with Gasteiger partial charge in [0.05, 0.1) is 0 Å². The first kappa shape index (κ1) is 14.7. The number of hydrogen-bond donors (Lipinski definition) is 2. The smallest absolute Gasteiger partial charge is 0.255 e. The molecule has 0 aromatic heterocycles. The van der Waals surface area contributed by atoms with Crippen molar-refractivity contribution in [2.45, 2.75) is 32.6 Å². The lowest BCUT2D eigenvalue weighted by Gasteiger charge is -2.27. The summed E-state index contributed by atoms with van der Waals surface area (Å²) in [7, 11) is 0. The van der Waals surface area contributed by atoms with E-state index in [1.54, 1.807) is 0 Å². The fourth-order valence-electron chi connectivity index (χ4n) is 2.86. The van der Waals surface area contributed by atoms with E-state index in [2.05, 4.69) is 12.2 Å². The van der Waals surface area contributed by atoms with E-state index in [-0.39, 0.29) is 6.61 Å². The molecule has 0 saturated heterocycles. The molecule has 1 amide bonds. The van der Waals surface area contributed by atoms with Crippen LogP contribution in [0.5, 0.6) is 5.75 Å². The van der Waals surface area contributed by atoms with Crippen molar-refractivity contribution in [1.29, 1.82) is 0 Å². The number of primary amides is 1.